The van der Waals surface area contributed by atoms with Gasteiger partial charge in [-0.05, 0) is 19.3 Å². The van der Waals surface area contributed by atoms with Crippen LogP contribution in [0.25, 0.3) is 0 Å². The van der Waals surface area contributed by atoms with Crippen molar-refractivity contribution in [1.29, 1.82) is 0 Å². The fraction of sp³-hybridized carbons (Fsp3) is 1.00. The maximum atomic E-state index is 12.5. The number of rotatable bonds is 12. The normalized spacial score (nSPS) is 41.9. The molecule has 13 nitrogen and oxygen atoms in total. The van der Waals surface area contributed by atoms with E-state index in [1.54, 1.807) is 15.7 Å². The highest BCUT2D eigenvalue weighted by Crippen LogP contribution is 2.50. The summed E-state index contributed by atoms with van der Waals surface area (Å²) >= 11 is 0. The first-order valence-electron chi connectivity index (χ1n) is 11.3. The Bertz CT molecular complexity index is 766. The smallest absolute Gasteiger partial charge is 0.390 e. The Morgan fingerprint density at radius 1 is 0.765 bits per heavy atom. The third-order valence-corrected chi connectivity index (χ3v) is 7.88. The van der Waals surface area contributed by atoms with Gasteiger partial charge < -0.3 is 33.8 Å². The molecule has 3 rings (SSSR count). The van der Waals surface area contributed by atoms with Crippen LogP contribution in [-0.2, 0) is 46.2 Å². The number of ether oxygens (including phenoxy) is 4. The molecule has 0 radical (unpaired) electrons. The molecule has 11 atom stereocenters. The number of aliphatic hydroxyl groups excluding tert-OH is 1. The lowest BCUT2D eigenvalue weighted by atomic mass is 9.96. The van der Waals surface area contributed by atoms with Crippen molar-refractivity contribution in [2.45, 2.75) is 73.9 Å². The van der Waals surface area contributed by atoms with Crippen LogP contribution in [0.2, 0.25) is 0 Å². The predicted octanol–water partition coefficient (Wildman–Crippen LogP) is -2.76. The van der Waals surface area contributed by atoms with Gasteiger partial charge in [0.15, 0.2) is 0 Å². The van der Waals surface area contributed by atoms with Crippen molar-refractivity contribution in [2.75, 3.05) is 26.9 Å². The molecule has 3 fully saturated rings. The van der Waals surface area contributed by atoms with Crippen molar-refractivity contribution in [3.05, 3.63) is 0 Å². The quantitative estimate of drug-likeness (QED) is 0.176. The third-order valence-electron chi connectivity index (χ3n) is 5.85. The topological polar surface area (TPSA) is 169 Å². The van der Waals surface area contributed by atoms with E-state index in [9.17, 15) is 24.0 Å². The summed E-state index contributed by atoms with van der Waals surface area (Å²) in [5.41, 5.74) is 0. The van der Waals surface area contributed by atoms with E-state index in [0.29, 0.717) is 12.8 Å². The number of phosphoric acid groups is 2. The molecule has 0 bridgehead atoms. The number of hydrogen-bond donors (Lipinski definition) is 3. The van der Waals surface area contributed by atoms with E-state index >= 15 is 0 Å². The van der Waals surface area contributed by atoms with E-state index < -0.39 is 58.9 Å². The number of methoxy groups -OCH3 is 1. The van der Waals surface area contributed by atoms with E-state index in [2.05, 4.69) is 0 Å². The minimum atomic E-state index is -4.54. The van der Waals surface area contributed by atoms with Gasteiger partial charge in [-0.1, -0.05) is 0 Å². The molecule has 34 heavy (non-hydrogen) atoms. The molecule has 0 saturated carbocycles. The predicted molar refractivity (Wildman–Crippen MR) is 125 cm³/mol. The molecule has 0 amide bonds. The number of phosphoric ester groups is 2. The monoisotopic (exact) mass is 528 g/mol. The molecule has 0 spiro atoms. The van der Waals surface area contributed by atoms with Crippen LogP contribution >= 0.6 is 15.6 Å². The fourth-order valence-corrected chi connectivity index (χ4v) is 6.27. The highest BCUT2D eigenvalue weighted by Gasteiger charge is 2.43. The Hall–Kier alpha value is 0.215. The van der Waals surface area contributed by atoms with Crippen LogP contribution in [0.1, 0.15) is 19.3 Å². The minimum absolute atomic E-state index is 0.167. The van der Waals surface area contributed by atoms with Crippen LogP contribution < -0.4 is 0 Å². The summed E-state index contributed by atoms with van der Waals surface area (Å²) in [6.07, 6.45) is -3.55. The third kappa shape index (κ3) is 8.38. The SMILES string of the molecule is B[C@H]1CC(O)[C@@H](COP(=O)(O)OC2C[C@H](B)O[C@@H]2COP(=O)(O)OC2C[C@H](B)O[C@@H]2COC)O1. The zero-order valence-electron chi connectivity index (χ0n) is 19.8. The molecular formula is C16H33B3O13P2. The van der Waals surface area contributed by atoms with Crippen molar-refractivity contribution < 1.29 is 61.1 Å². The standard InChI is InChI=1S/C16H33B3O13P2/c1-25-5-12-9(3-15(18)29-12)31-34(23,24)27-7-13-10(4-16(19)30-13)32-33(21,22)26-6-11-8(20)2-14(17)28-11/h8-16,20H,2-7,17-19H2,1H3,(H,21,22)(H,23,24)/t8?,9?,10?,11-,12-,13-,14-,15-,16-/m1/s1. The van der Waals surface area contributed by atoms with Gasteiger partial charge in [-0.15, -0.1) is 0 Å². The summed E-state index contributed by atoms with van der Waals surface area (Å²) in [6.45, 7) is -0.543. The summed E-state index contributed by atoms with van der Waals surface area (Å²) in [4.78, 5) is 20.3. The second-order valence-corrected chi connectivity index (χ2v) is 11.8. The van der Waals surface area contributed by atoms with Crippen LogP contribution in [-0.4, -0.2) is 120 Å². The Balaban J connectivity index is 1.50. The molecule has 0 aromatic rings. The first-order valence-corrected chi connectivity index (χ1v) is 14.3. The van der Waals surface area contributed by atoms with Crippen molar-refractivity contribution >= 4 is 39.2 Å². The molecule has 3 N–H and O–H groups in total. The minimum Gasteiger partial charge on any atom is -0.390 e. The molecule has 3 heterocycles. The summed E-state index contributed by atoms with van der Waals surface area (Å²) < 4.78 is 67.4. The lowest BCUT2D eigenvalue weighted by molar-refractivity contribution is -0.0352. The van der Waals surface area contributed by atoms with E-state index in [-0.39, 0.29) is 37.6 Å². The lowest BCUT2D eigenvalue weighted by Gasteiger charge is -2.24. The van der Waals surface area contributed by atoms with Crippen molar-refractivity contribution in [2.24, 2.45) is 0 Å². The summed E-state index contributed by atoms with van der Waals surface area (Å²) in [6, 6.07) is -0.707. The molecule has 0 aliphatic carbocycles. The molecule has 3 aliphatic rings. The number of hydrogen-bond acceptors (Lipinski definition) is 11. The Kier molecular flexibility index (Phi) is 10.3. The van der Waals surface area contributed by atoms with Gasteiger partial charge in [0.25, 0.3) is 0 Å². The van der Waals surface area contributed by atoms with Gasteiger partial charge in [0.1, 0.15) is 41.9 Å². The van der Waals surface area contributed by atoms with Crippen LogP contribution in [0.4, 0.5) is 0 Å². The van der Waals surface area contributed by atoms with E-state index in [1.165, 1.54) is 7.11 Å². The summed E-state index contributed by atoms with van der Waals surface area (Å²) in [5, 5.41) is 9.90. The zero-order chi connectivity index (χ0) is 25.1. The van der Waals surface area contributed by atoms with Crippen molar-refractivity contribution in [3.63, 3.8) is 0 Å². The molecule has 194 valence electrons. The summed E-state index contributed by atoms with van der Waals surface area (Å²) in [7, 11) is -2.22. The Morgan fingerprint density at radius 2 is 1.18 bits per heavy atom. The lowest BCUT2D eigenvalue weighted by Crippen LogP contribution is -2.31. The Labute approximate surface area is 201 Å². The maximum absolute atomic E-state index is 12.5. The molecule has 5 unspecified atom stereocenters. The van der Waals surface area contributed by atoms with Gasteiger partial charge in [0, 0.05) is 25.1 Å². The summed E-state index contributed by atoms with van der Waals surface area (Å²) in [5.74, 6) is 0. The number of aliphatic hydroxyl groups is 1. The molecule has 0 aromatic heterocycles. The zero-order valence-corrected chi connectivity index (χ0v) is 21.5. The van der Waals surface area contributed by atoms with Gasteiger partial charge >= 0.3 is 15.6 Å². The first-order chi connectivity index (χ1) is 15.9. The second-order valence-electron chi connectivity index (χ2n) is 9.00. The highest BCUT2D eigenvalue weighted by molar-refractivity contribution is 7.47. The van der Waals surface area contributed by atoms with Gasteiger partial charge in [-0.2, -0.15) is 0 Å². The average Bonchev–Trinajstić information content (AvgIpc) is 3.34. The van der Waals surface area contributed by atoms with Gasteiger partial charge in [0.2, 0.25) is 0 Å². The van der Waals surface area contributed by atoms with Crippen LogP contribution in [0, 0.1) is 0 Å². The molecular weight excluding hydrogens is 495 g/mol. The molecule has 0 aromatic carbocycles. The van der Waals surface area contributed by atoms with Crippen molar-refractivity contribution in [3.8, 4) is 0 Å². The first kappa shape index (κ1) is 28.8. The largest absolute Gasteiger partial charge is 0.472 e. The highest BCUT2D eigenvalue weighted by atomic mass is 31.2. The van der Waals surface area contributed by atoms with E-state index in [1.807, 2.05) is 7.85 Å². The average molecular weight is 528 g/mol. The van der Waals surface area contributed by atoms with Gasteiger partial charge in [-0.3, -0.25) is 18.1 Å². The molecule has 3 saturated heterocycles. The van der Waals surface area contributed by atoms with Gasteiger partial charge in [0.05, 0.1) is 38.1 Å². The Morgan fingerprint density at radius 3 is 1.62 bits per heavy atom. The second kappa shape index (κ2) is 12.2. The molecule has 18 heteroatoms. The van der Waals surface area contributed by atoms with E-state index in [4.69, 9.17) is 37.0 Å². The van der Waals surface area contributed by atoms with Crippen LogP contribution in [0.5, 0.6) is 0 Å². The van der Waals surface area contributed by atoms with E-state index in [0.717, 1.165) is 0 Å². The van der Waals surface area contributed by atoms with Crippen molar-refractivity contribution in [1.82, 2.24) is 0 Å². The van der Waals surface area contributed by atoms with Gasteiger partial charge in [-0.25, -0.2) is 9.13 Å². The molecule has 3 aliphatic heterocycles. The fourth-order valence-electron chi connectivity index (χ4n) is 4.35. The van der Waals surface area contributed by atoms with Crippen LogP contribution in [0.15, 0.2) is 0 Å². The van der Waals surface area contributed by atoms with Crippen LogP contribution in [0.3, 0.4) is 0 Å². The maximum Gasteiger partial charge on any atom is 0.472 e.